The topological polar surface area (TPSA) is 32.3 Å². The number of nitrogens with one attached hydrogen (secondary N) is 1. The Labute approximate surface area is 117 Å². The Hall–Kier alpha value is -0.570. The average Bonchev–Trinajstić information content (AvgIpc) is 3.18. The molecule has 0 radical (unpaired) electrons. The van der Waals surface area contributed by atoms with E-state index in [4.69, 9.17) is 0 Å². The van der Waals surface area contributed by atoms with E-state index in [2.05, 4.69) is 17.1 Å². The highest BCUT2D eigenvalue weighted by atomic mass is 16.2. The van der Waals surface area contributed by atoms with Gasteiger partial charge in [0.15, 0.2) is 0 Å². The Morgan fingerprint density at radius 2 is 2.00 bits per heavy atom. The van der Waals surface area contributed by atoms with E-state index in [1.54, 1.807) is 0 Å². The first kappa shape index (κ1) is 13.4. The molecule has 1 saturated heterocycles. The van der Waals surface area contributed by atoms with Crippen LogP contribution in [0.5, 0.6) is 0 Å². The van der Waals surface area contributed by atoms with Gasteiger partial charge in [-0.05, 0) is 63.5 Å². The van der Waals surface area contributed by atoms with Crippen LogP contribution in [0.3, 0.4) is 0 Å². The molecule has 1 N–H and O–H groups in total. The summed E-state index contributed by atoms with van der Waals surface area (Å²) in [7, 11) is 0. The number of nitrogens with zero attached hydrogens (tertiary/aromatic N) is 1. The zero-order valence-corrected chi connectivity index (χ0v) is 12.2. The van der Waals surface area contributed by atoms with E-state index in [0.717, 1.165) is 26.1 Å². The molecule has 0 spiro atoms. The number of rotatable bonds is 4. The second-order valence-corrected chi connectivity index (χ2v) is 6.95. The van der Waals surface area contributed by atoms with Crippen LogP contribution in [-0.4, -0.2) is 36.5 Å². The third kappa shape index (κ3) is 3.13. The van der Waals surface area contributed by atoms with Crippen LogP contribution in [0.4, 0.5) is 0 Å². The van der Waals surface area contributed by atoms with Gasteiger partial charge in [0.25, 0.3) is 0 Å². The predicted octanol–water partition coefficient (Wildman–Crippen LogP) is 2.41. The minimum atomic E-state index is 0.331. The summed E-state index contributed by atoms with van der Waals surface area (Å²) in [6.45, 7) is 5.55. The molecule has 1 amide bonds. The maximum atomic E-state index is 12.8. The van der Waals surface area contributed by atoms with Crippen LogP contribution in [0, 0.1) is 17.8 Å². The smallest absolute Gasteiger partial charge is 0.226 e. The van der Waals surface area contributed by atoms with Crippen molar-refractivity contribution >= 4 is 5.91 Å². The summed E-state index contributed by atoms with van der Waals surface area (Å²) < 4.78 is 0. The van der Waals surface area contributed by atoms with Gasteiger partial charge in [0.2, 0.25) is 5.91 Å². The third-order valence-electron chi connectivity index (χ3n) is 5.30. The van der Waals surface area contributed by atoms with Crippen LogP contribution in [0.25, 0.3) is 0 Å². The molecular formula is C16H28N2O. The summed E-state index contributed by atoms with van der Waals surface area (Å²) in [6.07, 6.45) is 8.69. The number of hydrogen-bond donors (Lipinski definition) is 1. The van der Waals surface area contributed by atoms with Crippen molar-refractivity contribution in [2.75, 3.05) is 19.6 Å². The zero-order valence-electron chi connectivity index (χ0n) is 12.2. The van der Waals surface area contributed by atoms with E-state index in [0.29, 0.717) is 29.7 Å². The minimum absolute atomic E-state index is 0.331. The molecule has 108 valence electrons. The number of hydrogen-bond acceptors (Lipinski definition) is 2. The first-order valence-electron chi connectivity index (χ1n) is 8.27. The summed E-state index contributed by atoms with van der Waals surface area (Å²) >= 11 is 0. The molecule has 0 bridgehead atoms. The lowest BCUT2D eigenvalue weighted by molar-refractivity contribution is -0.137. The summed E-state index contributed by atoms with van der Waals surface area (Å²) in [5.41, 5.74) is 0. The van der Waals surface area contributed by atoms with Crippen molar-refractivity contribution in [2.24, 2.45) is 17.8 Å². The van der Waals surface area contributed by atoms with Crippen LogP contribution < -0.4 is 5.32 Å². The Morgan fingerprint density at radius 3 is 2.58 bits per heavy atom. The van der Waals surface area contributed by atoms with Crippen LogP contribution in [0.1, 0.15) is 51.9 Å². The fourth-order valence-electron chi connectivity index (χ4n) is 3.89. The lowest BCUT2D eigenvalue weighted by Gasteiger charge is -2.32. The van der Waals surface area contributed by atoms with Gasteiger partial charge < -0.3 is 10.2 Å². The monoisotopic (exact) mass is 264 g/mol. The molecule has 3 unspecified atom stereocenters. The number of carbonyl (C=O) groups excluding carboxylic acids is 1. The first-order chi connectivity index (χ1) is 9.25. The van der Waals surface area contributed by atoms with Gasteiger partial charge in [-0.25, -0.2) is 0 Å². The van der Waals surface area contributed by atoms with Gasteiger partial charge in [0, 0.05) is 18.5 Å². The van der Waals surface area contributed by atoms with Crippen LogP contribution in [0.15, 0.2) is 0 Å². The molecular weight excluding hydrogens is 236 g/mol. The maximum absolute atomic E-state index is 12.8. The van der Waals surface area contributed by atoms with Gasteiger partial charge in [-0.3, -0.25) is 4.79 Å². The maximum Gasteiger partial charge on any atom is 0.226 e. The van der Waals surface area contributed by atoms with Crippen molar-refractivity contribution in [3.05, 3.63) is 0 Å². The Morgan fingerprint density at radius 1 is 1.16 bits per heavy atom. The van der Waals surface area contributed by atoms with Crippen molar-refractivity contribution in [1.82, 2.24) is 10.2 Å². The molecule has 2 aliphatic carbocycles. The van der Waals surface area contributed by atoms with E-state index >= 15 is 0 Å². The Balaban J connectivity index is 1.61. The second-order valence-electron chi connectivity index (χ2n) is 6.95. The zero-order chi connectivity index (χ0) is 13.2. The Kier molecular flexibility index (Phi) is 4.11. The molecule has 3 heteroatoms. The molecule has 0 aromatic rings. The van der Waals surface area contributed by atoms with Crippen LogP contribution in [0.2, 0.25) is 0 Å². The molecule has 3 rings (SSSR count). The van der Waals surface area contributed by atoms with Crippen LogP contribution in [-0.2, 0) is 4.79 Å². The fourth-order valence-corrected chi connectivity index (χ4v) is 3.89. The minimum Gasteiger partial charge on any atom is -0.339 e. The van der Waals surface area contributed by atoms with Gasteiger partial charge in [0.05, 0.1) is 0 Å². The van der Waals surface area contributed by atoms with E-state index in [1.165, 1.54) is 38.5 Å². The van der Waals surface area contributed by atoms with Crippen molar-refractivity contribution in [3.8, 4) is 0 Å². The summed E-state index contributed by atoms with van der Waals surface area (Å²) in [6, 6.07) is 0.585. The fraction of sp³-hybridized carbons (Fsp3) is 0.938. The molecule has 0 aromatic carbocycles. The Bertz CT molecular complexity index is 321. The van der Waals surface area contributed by atoms with Gasteiger partial charge in [-0.15, -0.1) is 0 Å². The third-order valence-corrected chi connectivity index (χ3v) is 5.30. The lowest BCUT2D eigenvalue weighted by Crippen LogP contribution is -2.44. The van der Waals surface area contributed by atoms with Gasteiger partial charge in [0.1, 0.15) is 0 Å². The predicted molar refractivity (Wildman–Crippen MR) is 76.8 cm³/mol. The van der Waals surface area contributed by atoms with E-state index in [9.17, 15) is 4.79 Å². The molecule has 19 heavy (non-hydrogen) atoms. The van der Waals surface area contributed by atoms with Crippen molar-refractivity contribution in [2.45, 2.75) is 57.9 Å². The van der Waals surface area contributed by atoms with Crippen LogP contribution >= 0.6 is 0 Å². The van der Waals surface area contributed by atoms with Crippen molar-refractivity contribution in [1.29, 1.82) is 0 Å². The van der Waals surface area contributed by atoms with Gasteiger partial charge in [-0.2, -0.15) is 0 Å². The summed E-state index contributed by atoms with van der Waals surface area (Å²) in [5.74, 6) is 2.11. The van der Waals surface area contributed by atoms with E-state index in [1.807, 2.05) is 0 Å². The second kappa shape index (κ2) is 5.82. The largest absolute Gasteiger partial charge is 0.339 e. The summed E-state index contributed by atoms with van der Waals surface area (Å²) in [4.78, 5) is 15.1. The highest BCUT2D eigenvalue weighted by molar-refractivity contribution is 5.80. The molecule has 3 aliphatic rings. The molecule has 1 heterocycles. The van der Waals surface area contributed by atoms with Crippen molar-refractivity contribution in [3.63, 3.8) is 0 Å². The van der Waals surface area contributed by atoms with E-state index < -0.39 is 0 Å². The number of carbonyl (C=O) groups is 1. The standard InChI is InChI=1S/C16H28N2O/c1-12-4-2-6-15(12)16(19)18(14-7-8-14)11-13-5-3-9-17-10-13/h12-15,17H,2-11H2,1H3. The first-order valence-corrected chi connectivity index (χ1v) is 8.27. The average molecular weight is 264 g/mol. The molecule has 2 saturated carbocycles. The highest BCUT2D eigenvalue weighted by Crippen LogP contribution is 2.36. The number of amides is 1. The van der Waals surface area contributed by atoms with Crippen molar-refractivity contribution < 1.29 is 4.79 Å². The molecule has 3 nitrogen and oxygen atoms in total. The molecule has 3 atom stereocenters. The highest BCUT2D eigenvalue weighted by Gasteiger charge is 2.39. The molecule has 1 aliphatic heterocycles. The number of piperidine rings is 1. The van der Waals surface area contributed by atoms with Gasteiger partial charge >= 0.3 is 0 Å². The lowest BCUT2D eigenvalue weighted by atomic mass is 9.94. The van der Waals surface area contributed by atoms with E-state index in [-0.39, 0.29) is 0 Å². The van der Waals surface area contributed by atoms with Gasteiger partial charge in [-0.1, -0.05) is 13.3 Å². The quantitative estimate of drug-likeness (QED) is 0.845. The summed E-state index contributed by atoms with van der Waals surface area (Å²) in [5, 5.41) is 3.48. The molecule has 0 aromatic heterocycles. The normalized spacial score (nSPS) is 35.3. The molecule has 3 fully saturated rings. The SMILES string of the molecule is CC1CCCC1C(=O)N(CC1CCCNC1)C1CC1.